The lowest BCUT2D eigenvalue weighted by molar-refractivity contribution is 0.421. The van der Waals surface area contributed by atoms with Crippen LogP contribution < -0.4 is 5.32 Å². The summed E-state index contributed by atoms with van der Waals surface area (Å²) in [6.45, 7) is 5.03. The van der Waals surface area contributed by atoms with E-state index < -0.39 is 0 Å². The molecule has 2 N–H and O–H groups in total. The van der Waals surface area contributed by atoms with E-state index in [2.05, 4.69) is 27.4 Å². The topological polar surface area (TPSA) is 53.6 Å². The molecule has 0 aliphatic heterocycles. The van der Waals surface area contributed by atoms with Crippen LogP contribution in [0.1, 0.15) is 37.8 Å². The molecular weight excluding hydrogens is 176 g/mol. The zero-order chi connectivity index (χ0) is 9.97. The summed E-state index contributed by atoms with van der Waals surface area (Å²) in [6, 6.07) is 0.661. The molecule has 1 fully saturated rings. The fourth-order valence-electron chi connectivity index (χ4n) is 2.14. The Kier molecular flexibility index (Phi) is 2.82. The summed E-state index contributed by atoms with van der Waals surface area (Å²) in [5, 5.41) is 10.5. The Hall–Kier alpha value is -0.900. The third-order valence-electron chi connectivity index (χ3n) is 3.03. The highest BCUT2D eigenvalue weighted by atomic mass is 15.2. The van der Waals surface area contributed by atoms with Gasteiger partial charge in [-0.3, -0.25) is 5.10 Å². The smallest absolute Gasteiger partial charge is 0.164 e. The summed E-state index contributed by atoms with van der Waals surface area (Å²) in [4.78, 5) is 4.27. The minimum atomic E-state index is 0.661. The van der Waals surface area contributed by atoms with E-state index in [4.69, 9.17) is 0 Å². The van der Waals surface area contributed by atoms with Crippen molar-refractivity contribution in [3.63, 3.8) is 0 Å². The van der Waals surface area contributed by atoms with Gasteiger partial charge in [0.2, 0.25) is 0 Å². The van der Waals surface area contributed by atoms with Gasteiger partial charge in [0.25, 0.3) is 0 Å². The SMILES string of the molecule is Cc1nc(CNC2CCCC2C)n[nH]1. The van der Waals surface area contributed by atoms with E-state index >= 15 is 0 Å². The van der Waals surface area contributed by atoms with Crippen LogP contribution in [0.5, 0.6) is 0 Å². The lowest BCUT2D eigenvalue weighted by Crippen LogP contribution is -2.30. The highest BCUT2D eigenvalue weighted by molar-refractivity contribution is 4.89. The van der Waals surface area contributed by atoms with Crippen molar-refractivity contribution in [1.82, 2.24) is 20.5 Å². The van der Waals surface area contributed by atoms with Gasteiger partial charge >= 0.3 is 0 Å². The van der Waals surface area contributed by atoms with Crippen LogP contribution >= 0.6 is 0 Å². The number of hydrogen-bond acceptors (Lipinski definition) is 3. The molecule has 1 saturated carbocycles. The predicted molar refractivity (Wildman–Crippen MR) is 54.8 cm³/mol. The lowest BCUT2D eigenvalue weighted by Gasteiger charge is -2.15. The van der Waals surface area contributed by atoms with Gasteiger partial charge < -0.3 is 5.32 Å². The summed E-state index contributed by atoms with van der Waals surface area (Å²) in [7, 11) is 0. The van der Waals surface area contributed by atoms with Crippen LogP contribution in [0.3, 0.4) is 0 Å². The van der Waals surface area contributed by atoms with Crippen molar-refractivity contribution < 1.29 is 0 Å². The lowest BCUT2D eigenvalue weighted by atomic mass is 10.1. The fraction of sp³-hybridized carbons (Fsp3) is 0.800. The molecule has 4 heteroatoms. The molecule has 2 unspecified atom stereocenters. The van der Waals surface area contributed by atoms with E-state index in [1.807, 2.05) is 6.92 Å². The number of aromatic amines is 1. The maximum absolute atomic E-state index is 4.27. The third kappa shape index (κ3) is 2.12. The van der Waals surface area contributed by atoms with Crippen molar-refractivity contribution in [2.24, 2.45) is 5.92 Å². The molecule has 14 heavy (non-hydrogen) atoms. The van der Waals surface area contributed by atoms with Crippen LogP contribution in [0, 0.1) is 12.8 Å². The first-order valence-electron chi connectivity index (χ1n) is 5.37. The summed E-state index contributed by atoms with van der Waals surface area (Å²) in [5.41, 5.74) is 0. The first-order chi connectivity index (χ1) is 6.75. The highest BCUT2D eigenvalue weighted by Crippen LogP contribution is 2.24. The zero-order valence-electron chi connectivity index (χ0n) is 8.88. The Labute approximate surface area is 84.5 Å². The van der Waals surface area contributed by atoms with Gasteiger partial charge in [0.1, 0.15) is 5.82 Å². The summed E-state index contributed by atoms with van der Waals surface area (Å²) in [5.74, 6) is 2.57. The molecule has 1 aromatic rings. The van der Waals surface area contributed by atoms with Crippen molar-refractivity contribution in [3.05, 3.63) is 11.6 Å². The molecule has 0 radical (unpaired) electrons. The Morgan fingerprint density at radius 1 is 1.50 bits per heavy atom. The van der Waals surface area contributed by atoms with Gasteiger partial charge in [0, 0.05) is 6.04 Å². The molecule has 2 atom stereocenters. The third-order valence-corrected chi connectivity index (χ3v) is 3.03. The van der Waals surface area contributed by atoms with E-state index in [0.717, 1.165) is 24.1 Å². The Morgan fingerprint density at radius 2 is 2.36 bits per heavy atom. The van der Waals surface area contributed by atoms with Crippen molar-refractivity contribution in [2.45, 2.75) is 45.7 Å². The zero-order valence-corrected chi connectivity index (χ0v) is 8.88. The van der Waals surface area contributed by atoms with Crippen molar-refractivity contribution in [1.29, 1.82) is 0 Å². The molecule has 0 bridgehead atoms. The second-order valence-electron chi connectivity index (χ2n) is 4.23. The maximum atomic E-state index is 4.27. The van der Waals surface area contributed by atoms with Crippen LogP contribution in [-0.2, 0) is 6.54 Å². The van der Waals surface area contributed by atoms with Gasteiger partial charge in [-0.2, -0.15) is 5.10 Å². The molecule has 1 heterocycles. The van der Waals surface area contributed by atoms with Crippen LogP contribution in [0.2, 0.25) is 0 Å². The van der Waals surface area contributed by atoms with Crippen LogP contribution in [0.15, 0.2) is 0 Å². The van der Waals surface area contributed by atoms with Crippen LogP contribution in [0.25, 0.3) is 0 Å². The van der Waals surface area contributed by atoms with Gasteiger partial charge in [-0.25, -0.2) is 4.98 Å². The molecule has 0 aromatic carbocycles. The van der Waals surface area contributed by atoms with Gasteiger partial charge in [-0.1, -0.05) is 13.3 Å². The first-order valence-corrected chi connectivity index (χ1v) is 5.37. The molecule has 1 aliphatic carbocycles. The first kappa shape index (κ1) is 9.65. The van der Waals surface area contributed by atoms with E-state index in [0.29, 0.717) is 6.04 Å². The van der Waals surface area contributed by atoms with Crippen molar-refractivity contribution in [3.8, 4) is 0 Å². The number of rotatable bonds is 3. The number of nitrogens with zero attached hydrogens (tertiary/aromatic N) is 2. The van der Waals surface area contributed by atoms with Gasteiger partial charge in [-0.05, 0) is 25.7 Å². The van der Waals surface area contributed by atoms with E-state index in [1.165, 1.54) is 19.3 Å². The number of aryl methyl sites for hydroxylation is 1. The second-order valence-corrected chi connectivity index (χ2v) is 4.23. The van der Waals surface area contributed by atoms with Crippen molar-refractivity contribution in [2.75, 3.05) is 0 Å². The molecule has 1 aliphatic rings. The average Bonchev–Trinajstić information content (AvgIpc) is 2.72. The summed E-state index contributed by atoms with van der Waals surface area (Å²) < 4.78 is 0. The number of H-pyrrole nitrogens is 1. The molecule has 0 saturated heterocycles. The Bertz CT molecular complexity index is 294. The standard InChI is InChI=1S/C10H18N4/c1-7-4-3-5-9(7)11-6-10-12-8(2)13-14-10/h7,9,11H,3-6H2,1-2H3,(H,12,13,14). The monoisotopic (exact) mass is 194 g/mol. The molecule has 2 rings (SSSR count). The largest absolute Gasteiger partial charge is 0.307 e. The molecule has 4 nitrogen and oxygen atoms in total. The molecule has 0 spiro atoms. The predicted octanol–water partition coefficient (Wildman–Crippen LogP) is 1.39. The average molecular weight is 194 g/mol. The molecule has 78 valence electrons. The van der Waals surface area contributed by atoms with E-state index in [1.54, 1.807) is 0 Å². The normalized spacial score (nSPS) is 27.0. The summed E-state index contributed by atoms with van der Waals surface area (Å²) in [6.07, 6.45) is 4.00. The Balaban J connectivity index is 1.82. The van der Waals surface area contributed by atoms with E-state index in [-0.39, 0.29) is 0 Å². The molecule has 0 amide bonds. The van der Waals surface area contributed by atoms with Crippen molar-refractivity contribution >= 4 is 0 Å². The van der Waals surface area contributed by atoms with Crippen LogP contribution in [-0.4, -0.2) is 21.2 Å². The second kappa shape index (κ2) is 4.09. The molecule has 1 aromatic heterocycles. The van der Waals surface area contributed by atoms with E-state index in [9.17, 15) is 0 Å². The summed E-state index contributed by atoms with van der Waals surface area (Å²) >= 11 is 0. The number of nitrogens with one attached hydrogen (secondary N) is 2. The number of hydrogen-bond donors (Lipinski definition) is 2. The van der Waals surface area contributed by atoms with Gasteiger partial charge in [0.15, 0.2) is 5.82 Å². The molecular formula is C10H18N4. The quantitative estimate of drug-likeness (QED) is 0.764. The Morgan fingerprint density at radius 3 is 2.93 bits per heavy atom. The maximum Gasteiger partial charge on any atom is 0.164 e. The fourth-order valence-corrected chi connectivity index (χ4v) is 2.14. The van der Waals surface area contributed by atoms with Crippen LogP contribution in [0.4, 0.5) is 0 Å². The minimum absolute atomic E-state index is 0.661. The highest BCUT2D eigenvalue weighted by Gasteiger charge is 2.22. The number of aromatic nitrogens is 3. The minimum Gasteiger partial charge on any atom is -0.307 e. The van der Waals surface area contributed by atoms with Gasteiger partial charge in [-0.15, -0.1) is 0 Å². The van der Waals surface area contributed by atoms with Gasteiger partial charge in [0.05, 0.1) is 6.54 Å².